The molecule has 0 nitrogen and oxygen atoms in total. The van der Waals surface area contributed by atoms with Crippen molar-refractivity contribution in [1.82, 2.24) is 0 Å². The summed E-state index contributed by atoms with van der Waals surface area (Å²) < 4.78 is 0. The van der Waals surface area contributed by atoms with Crippen LogP contribution in [0.1, 0.15) is 97.3 Å². The summed E-state index contributed by atoms with van der Waals surface area (Å²) in [5.74, 6) is 0. The molecule has 0 N–H and O–H groups in total. The Morgan fingerprint density at radius 1 is 0.421 bits per heavy atom. The molecule has 0 aliphatic heterocycles. The minimum absolute atomic E-state index is 1.22. The van der Waals surface area contributed by atoms with E-state index < -0.39 is 0 Å². The van der Waals surface area contributed by atoms with E-state index in [0.717, 1.165) is 0 Å². The summed E-state index contributed by atoms with van der Waals surface area (Å²) >= 11 is 0. The van der Waals surface area contributed by atoms with Crippen molar-refractivity contribution in [3.63, 3.8) is 0 Å². The van der Waals surface area contributed by atoms with Crippen LogP contribution >= 0.6 is 0 Å². The summed E-state index contributed by atoms with van der Waals surface area (Å²) in [4.78, 5) is 0. The third kappa shape index (κ3) is 17.5. The highest BCUT2D eigenvalue weighted by Gasteiger charge is 1.88. The number of hydrogen-bond donors (Lipinski definition) is 0. The van der Waals surface area contributed by atoms with Crippen molar-refractivity contribution in [3.05, 3.63) is 24.3 Å². The van der Waals surface area contributed by atoms with Gasteiger partial charge in [0.2, 0.25) is 0 Å². The molecule has 0 heteroatoms. The molecule has 0 rings (SSSR count). The van der Waals surface area contributed by atoms with Crippen LogP contribution in [0.3, 0.4) is 0 Å². The minimum atomic E-state index is 1.22. The monoisotopic (exact) mass is 264 g/mol. The maximum absolute atomic E-state index is 2.38. The second kappa shape index (κ2) is 17.5. The molecule has 0 saturated carbocycles. The maximum Gasteiger partial charge on any atom is -0.0316 e. The van der Waals surface area contributed by atoms with Gasteiger partial charge in [-0.15, -0.1) is 0 Å². The molecule has 0 bridgehead atoms. The van der Waals surface area contributed by atoms with Gasteiger partial charge in [0, 0.05) is 0 Å². The maximum atomic E-state index is 2.38. The molecule has 0 aliphatic carbocycles. The van der Waals surface area contributed by atoms with Crippen LogP contribution in [-0.4, -0.2) is 0 Å². The molecule has 0 heterocycles. The molecule has 0 radical (unpaired) electrons. The number of allylic oxidation sites excluding steroid dienone is 4. The smallest absolute Gasteiger partial charge is 0.0316 e. The first-order valence-electron chi connectivity index (χ1n) is 8.71. The fraction of sp³-hybridized carbons (Fsp3) is 0.789. The van der Waals surface area contributed by atoms with Crippen molar-refractivity contribution in [1.29, 1.82) is 0 Å². The van der Waals surface area contributed by atoms with Crippen LogP contribution in [0.25, 0.3) is 0 Å². The van der Waals surface area contributed by atoms with Gasteiger partial charge in [0.15, 0.2) is 0 Å². The standard InChI is InChI=1S/C19H36/c1-3-5-7-9-11-13-15-17-19-18-16-14-12-10-8-6-4-2/h11,13,18-19H,3-10,12,14-17H2,1-2H3/b13-11-,19-18-. The predicted octanol–water partition coefficient (Wildman–Crippen LogP) is 7.21. The Hall–Kier alpha value is -0.520. The zero-order valence-corrected chi connectivity index (χ0v) is 13.5. The third-order valence-corrected chi connectivity index (χ3v) is 3.53. The van der Waals surface area contributed by atoms with Crippen LogP contribution < -0.4 is 0 Å². The van der Waals surface area contributed by atoms with E-state index in [2.05, 4.69) is 38.2 Å². The lowest BCUT2D eigenvalue weighted by atomic mass is 10.1. The van der Waals surface area contributed by atoms with Crippen molar-refractivity contribution in [2.45, 2.75) is 97.3 Å². The molecule has 0 atom stereocenters. The largest absolute Gasteiger partial charge is 0.0885 e. The van der Waals surface area contributed by atoms with Gasteiger partial charge in [0.1, 0.15) is 0 Å². The van der Waals surface area contributed by atoms with E-state index in [4.69, 9.17) is 0 Å². The van der Waals surface area contributed by atoms with Gasteiger partial charge in [-0.25, -0.2) is 0 Å². The van der Waals surface area contributed by atoms with E-state index >= 15 is 0 Å². The summed E-state index contributed by atoms with van der Waals surface area (Å²) in [6.45, 7) is 4.54. The number of unbranched alkanes of at least 4 members (excludes halogenated alkanes) is 10. The quantitative estimate of drug-likeness (QED) is 0.230. The Morgan fingerprint density at radius 2 is 0.789 bits per heavy atom. The number of rotatable bonds is 14. The van der Waals surface area contributed by atoms with Crippen LogP contribution in [0.2, 0.25) is 0 Å². The van der Waals surface area contributed by atoms with E-state index in [9.17, 15) is 0 Å². The molecule has 0 aromatic carbocycles. The van der Waals surface area contributed by atoms with Gasteiger partial charge in [-0.1, -0.05) is 83.1 Å². The summed E-state index contributed by atoms with van der Waals surface area (Å²) in [7, 11) is 0. The third-order valence-electron chi connectivity index (χ3n) is 3.53. The lowest BCUT2D eigenvalue weighted by molar-refractivity contribution is 0.611. The fourth-order valence-corrected chi connectivity index (χ4v) is 2.22. The van der Waals surface area contributed by atoms with Crippen LogP contribution in [0.15, 0.2) is 24.3 Å². The highest BCUT2D eigenvalue weighted by atomic mass is 13.9. The molecule has 0 fully saturated rings. The lowest BCUT2D eigenvalue weighted by Gasteiger charge is -1.97. The molecular formula is C19H36. The van der Waals surface area contributed by atoms with Crippen LogP contribution in [0.4, 0.5) is 0 Å². The molecule has 112 valence electrons. The SMILES string of the molecule is CCCCC/C=C\CC/C=C\CCCCCCCC. The Balaban J connectivity index is 3.12. The van der Waals surface area contributed by atoms with Gasteiger partial charge >= 0.3 is 0 Å². The van der Waals surface area contributed by atoms with Crippen LogP contribution in [-0.2, 0) is 0 Å². The molecule has 0 saturated heterocycles. The molecule has 19 heavy (non-hydrogen) atoms. The summed E-state index contributed by atoms with van der Waals surface area (Å²) in [6.07, 6.45) is 27.0. The normalized spacial score (nSPS) is 11.9. The molecule has 0 aromatic rings. The van der Waals surface area contributed by atoms with Gasteiger partial charge in [-0.3, -0.25) is 0 Å². The molecular weight excluding hydrogens is 228 g/mol. The summed E-state index contributed by atoms with van der Waals surface area (Å²) in [5, 5.41) is 0. The first-order valence-corrected chi connectivity index (χ1v) is 8.71. The molecule has 0 unspecified atom stereocenters. The van der Waals surface area contributed by atoms with Gasteiger partial charge in [0.05, 0.1) is 0 Å². The van der Waals surface area contributed by atoms with Gasteiger partial charge in [-0.2, -0.15) is 0 Å². The first kappa shape index (κ1) is 18.5. The second-order valence-corrected chi connectivity index (χ2v) is 5.57. The van der Waals surface area contributed by atoms with E-state index in [-0.39, 0.29) is 0 Å². The van der Waals surface area contributed by atoms with Crippen molar-refractivity contribution in [2.75, 3.05) is 0 Å². The Bertz CT molecular complexity index is 200. The van der Waals surface area contributed by atoms with Gasteiger partial charge < -0.3 is 0 Å². The molecule has 0 spiro atoms. The summed E-state index contributed by atoms with van der Waals surface area (Å²) in [5.41, 5.74) is 0. The van der Waals surface area contributed by atoms with Crippen LogP contribution in [0.5, 0.6) is 0 Å². The Kier molecular flexibility index (Phi) is 17.0. The van der Waals surface area contributed by atoms with E-state index in [1.807, 2.05) is 0 Å². The van der Waals surface area contributed by atoms with Crippen molar-refractivity contribution < 1.29 is 0 Å². The summed E-state index contributed by atoms with van der Waals surface area (Å²) in [6, 6.07) is 0. The molecule has 0 aromatic heterocycles. The zero-order valence-electron chi connectivity index (χ0n) is 13.5. The first-order chi connectivity index (χ1) is 9.41. The lowest BCUT2D eigenvalue weighted by Crippen LogP contribution is -1.77. The molecule has 0 aliphatic rings. The highest BCUT2D eigenvalue weighted by Crippen LogP contribution is 2.07. The Morgan fingerprint density at radius 3 is 1.37 bits per heavy atom. The van der Waals surface area contributed by atoms with E-state index in [0.29, 0.717) is 0 Å². The van der Waals surface area contributed by atoms with E-state index in [1.165, 1.54) is 83.5 Å². The zero-order chi connectivity index (χ0) is 14.0. The van der Waals surface area contributed by atoms with Gasteiger partial charge in [0.25, 0.3) is 0 Å². The molecule has 0 amide bonds. The highest BCUT2D eigenvalue weighted by molar-refractivity contribution is 4.88. The van der Waals surface area contributed by atoms with Gasteiger partial charge in [-0.05, 0) is 38.5 Å². The minimum Gasteiger partial charge on any atom is -0.0885 e. The fourth-order valence-electron chi connectivity index (χ4n) is 2.22. The predicted molar refractivity (Wildman–Crippen MR) is 89.6 cm³/mol. The topological polar surface area (TPSA) is 0 Å². The average molecular weight is 264 g/mol. The second-order valence-electron chi connectivity index (χ2n) is 5.57. The van der Waals surface area contributed by atoms with Crippen molar-refractivity contribution in [2.24, 2.45) is 0 Å². The number of hydrogen-bond acceptors (Lipinski definition) is 0. The van der Waals surface area contributed by atoms with Crippen molar-refractivity contribution in [3.8, 4) is 0 Å². The average Bonchev–Trinajstić information content (AvgIpc) is 2.43. The van der Waals surface area contributed by atoms with E-state index in [1.54, 1.807) is 0 Å². The van der Waals surface area contributed by atoms with Crippen molar-refractivity contribution >= 4 is 0 Å². The van der Waals surface area contributed by atoms with Crippen LogP contribution in [0, 0.1) is 0 Å². The Labute approximate surface area is 122 Å².